The molecule has 0 heterocycles. The summed E-state index contributed by atoms with van der Waals surface area (Å²) in [7, 11) is -1.99. The third-order valence-corrected chi connectivity index (χ3v) is 9.16. The minimum atomic E-state index is -1.99. The van der Waals surface area contributed by atoms with Gasteiger partial charge < -0.3 is 14.5 Å². The number of amides is 1. The quantitative estimate of drug-likeness (QED) is 0.698. The summed E-state index contributed by atoms with van der Waals surface area (Å²) in [5.74, 6) is -0.0598. The third-order valence-electron chi connectivity index (χ3n) is 4.66. The van der Waals surface area contributed by atoms with Crippen molar-refractivity contribution < 1.29 is 18.8 Å². The number of carbonyl (C=O) groups excluding carboxylic acids is 2. The summed E-state index contributed by atoms with van der Waals surface area (Å²) in [4.78, 5) is 24.2. The zero-order chi connectivity index (χ0) is 19.1. The van der Waals surface area contributed by atoms with Crippen LogP contribution in [-0.2, 0) is 20.6 Å². The summed E-state index contributed by atoms with van der Waals surface area (Å²) in [5, 5.41) is 2.69. The van der Waals surface area contributed by atoms with Crippen LogP contribution in [0.3, 0.4) is 0 Å². The average molecular weight is 366 g/mol. The van der Waals surface area contributed by atoms with Crippen LogP contribution in [-0.4, -0.2) is 32.8 Å². The number of benzene rings is 1. The zero-order valence-electron chi connectivity index (χ0n) is 16.2. The summed E-state index contributed by atoms with van der Waals surface area (Å²) in [5.41, 5.74) is 0.897. The van der Waals surface area contributed by atoms with E-state index in [0.29, 0.717) is 6.42 Å². The van der Waals surface area contributed by atoms with Gasteiger partial charge in [-0.15, -0.1) is 0 Å². The first-order valence-corrected chi connectivity index (χ1v) is 11.6. The molecule has 0 radical (unpaired) electrons. The van der Waals surface area contributed by atoms with Crippen molar-refractivity contribution in [3.8, 4) is 0 Å². The maximum Gasteiger partial charge on any atom is 0.408 e. The number of hydrogen-bond donors (Lipinski definition) is 1. The number of ketones is 1. The predicted octanol–water partition coefficient (Wildman–Crippen LogP) is 4.28. The fourth-order valence-corrected chi connectivity index (χ4v) is 2.89. The van der Waals surface area contributed by atoms with Crippen molar-refractivity contribution in [3.05, 3.63) is 35.9 Å². The molecule has 0 aliphatic heterocycles. The molecule has 0 fully saturated rings. The molecule has 6 heteroatoms. The second-order valence-electron chi connectivity index (χ2n) is 7.65. The minimum absolute atomic E-state index is 0.0423. The lowest BCUT2D eigenvalue weighted by atomic mass is 10.1. The summed E-state index contributed by atoms with van der Waals surface area (Å²) in [6, 6.07) is 8.74. The summed E-state index contributed by atoms with van der Waals surface area (Å²) in [6.45, 7) is 12.8. The number of carbonyl (C=O) groups is 2. The SMILES string of the molecule is CCC(=O)[C@H](CO[Si](C)(C)C(C)(C)C)NC(=O)OCc1ccccc1. The fraction of sp³-hybridized carbons (Fsp3) is 0.579. The van der Waals surface area contributed by atoms with Crippen molar-refractivity contribution >= 4 is 20.2 Å². The Kier molecular flexibility index (Phi) is 7.83. The Labute approximate surface area is 152 Å². The number of Topliss-reactive ketones (excluding diaryl/α,β-unsaturated/α-hetero) is 1. The monoisotopic (exact) mass is 365 g/mol. The van der Waals surface area contributed by atoms with Gasteiger partial charge in [-0.05, 0) is 23.7 Å². The molecule has 1 atom stereocenters. The highest BCUT2D eigenvalue weighted by Gasteiger charge is 2.38. The van der Waals surface area contributed by atoms with Gasteiger partial charge >= 0.3 is 6.09 Å². The lowest BCUT2D eigenvalue weighted by Crippen LogP contribution is -2.49. The molecule has 0 bridgehead atoms. The van der Waals surface area contributed by atoms with E-state index in [2.05, 4.69) is 39.2 Å². The van der Waals surface area contributed by atoms with Crippen molar-refractivity contribution in [3.63, 3.8) is 0 Å². The molecule has 1 rings (SSSR count). The number of hydrogen-bond acceptors (Lipinski definition) is 4. The molecule has 1 aromatic rings. The van der Waals surface area contributed by atoms with E-state index in [0.717, 1.165) is 5.56 Å². The molecule has 1 N–H and O–H groups in total. The van der Waals surface area contributed by atoms with Crippen LogP contribution in [0.1, 0.15) is 39.7 Å². The van der Waals surface area contributed by atoms with Crippen LogP contribution in [0.5, 0.6) is 0 Å². The smallest absolute Gasteiger partial charge is 0.408 e. The van der Waals surface area contributed by atoms with Crippen LogP contribution in [0.25, 0.3) is 0 Å². The van der Waals surface area contributed by atoms with Crippen LogP contribution >= 0.6 is 0 Å². The Bertz CT molecular complexity index is 567. The van der Waals surface area contributed by atoms with Gasteiger partial charge in [0.2, 0.25) is 0 Å². The summed E-state index contributed by atoms with van der Waals surface area (Å²) < 4.78 is 11.3. The van der Waals surface area contributed by atoms with Crippen molar-refractivity contribution in [2.75, 3.05) is 6.61 Å². The van der Waals surface area contributed by atoms with Gasteiger partial charge in [-0.25, -0.2) is 4.79 Å². The van der Waals surface area contributed by atoms with Crippen molar-refractivity contribution in [1.82, 2.24) is 5.32 Å². The lowest BCUT2D eigenvalue weighted by molar-refractivity contribution is -0.121. The van der Waals surface area contributed by atoms with Crippen molar-refractivity contribution in [2.45, 2.75) is 64.9 Å². The molecule has 0 spiro atoms. The van der Waals surface area contributed by atoms with Crippen LogP contribution in [0.15, 0.2) is 30.3 Å². The molecule has 0 unspecified atom stereocenters. The number of ether oxygens (including phenoxy) is 1. The van der Waals surface area contributed by atoms with Gasteiger partial charge in [-0.1, -0.05) is 58.0 Å². The van der Waals surface area contributed by atoms with Gasteiger partial charge in [0.15, 0.2) is 14.1 Å². The molecule has 0 saturated heterocycles. The lowest BCUT2D eigenvalue weighted by Gasteiger charge is -2.37. The van der Waals surface area contributed by atoms with Crippen molar-refractivity contribution in [1.29, 1.82) is 0 Å². The molecule has 0 aliphatic carbocycles. The second kappa shape index (κ2) is 9.15. The normalized spacial score (nSPS) is 13.2. The standard InChI is InChI=1S/C19H31NO4Si/c1-7-17(21)16(14-24-25(5,6)19(2,3)4)20-18(22)23-13-15-11-9-8-10-12-15/h8-12,16H,7,13-14H2,1-6H3,(H,20,22)/t16-/m0/s1. The number of nitrogens with one attached hydrogen (secondary N) is 1. The van der Waals surface area contributed by atoms with Crippen LogP contribution in [0.2, 0.25) is 18.1 Å². The third kappa shape index (κ3) is 7.00. The van der Waals surface area contributed by atoms with E-state index in [-0.39, 0.29) is 24.0 Å². The van der Waals surface area contributed by atoms with Gasteiger partial charge in [0.25, 0.3) is 0 Å². The Morgan fingerprint density at radius 1 is 1.16 bits per heavy atom. The maximum absolute atomic E-state index is 12.2. The number of alkyl carbamates (subject to hydrolysis) is 1. The first-order valence-electron chi connectivity index (χ1n) is 8.70. The van der Waals surface area contributed by atoms with Crippen LogP contribution in [0, 0.1) is 0 Å². The second-order valence-corrected chi connectivity index (χ2v) is 12.5. The highest BCUT2D eigenvalue weighted by atomic mass is 28.4. The van der Waals surface area contributed by atoms with Gasteiger partial charge in [0, 0.05) is 6.42 Å². The summed E-state index contributed by atoms with van der Waals surface area (Å²) >= 11 is 0. The topological polar surface area (TPSA) is 64.6 Å². The molecule has 0 aromatic heterocycles. The van der Waals surface area contributed by atoms with Crippen molar-refractivity contribution in [2.24, 2.45) is 0 Å². The van der Waals surface area contributed by atoms with E-state index in [1.54, 1.807) is 6.92 Å². The van der Waals surface area contributed by atoms with E-state index < -0.39 is 20.5 Å². The summed E-state index contributed by atoms with van der Waals surface area (Å²) in [6.07, 6.45) is -0.265. The Morgan fingerprint density at radius 2 is 1.76 bits per heavy atom. The Balaban J connectivity index is 2.61. The van der Waals surface area contributed by atoms with E-state index in [1.165, 1.54) is 0 Å². The molecule has 5 nitrogen and oxygen atoms in total. The molecular weight excluding hydrogens is 334 g/mol. The molecule has 0 saturated carbocycles. The van der Waals surface area contributed by atoms with Gasteiger partial charge in [0.1, 0.15) is 12.6 Å². The largest absolute Gasteiger partial charge is 0.445 e. The van der Waals surface area contributed by atoms with E-state index >= 15 is 0 Å². The van der Waals surface area contributed by atoms with E-state index in [4.69, 9.17) is 9.16 Å². The maximum atomic E-state index is 12.2. The molecule has 0 aliphatic rings. The Hall–Kier alpha value is -1.66. The molecular formula is C19H31NO4Si. The number of rotatable bonds is 8. The average Bonchev–Trinajstić information content (AvgIpc) is 2.56. The molecule has 1 aromatic carbocycles. The fourth-order valence-electron chi connectivity index (χ4n) is 1.88. The van der Waals surface area contributed by atoms with Crippen LogP contribution in [0.4, 0.5) is 4.79 Å². The molecule has 25 heavy (non-hydrogen) atoms. The molecule has 140 valence electrons. The van der Waals surface area contributed by atoms with Gasteiger partial charge in [-0.2, -0.15) is 0 Å². The van der Waals surface area contributed by atoms with Crippen LogP contribution < -0.4 is 5.32 Å². The minimum Gasteiger partial charge on any atom is -0.445 e. The highest BCUT2D eigenvalue weighted by Crippen LogP contribution is 2.36. The highest BCUT2D eigenvalue weighted by molar-refractivity contribution is 6.74. The Morgan fingerprint density at radius 3 is 2.28 bits per heavy atom. The first kappa shape index (κ1) is 21.4. The zero-order valence-corrected chi connectivity index (χ0v) is 17.2. The first-order chi connectivity index (χ1) is 11.6. The van der Waals surface area contributed by atoms with Gasteiger partial charge in [-0.3, -0.25) is 4.79 Å². The molecule has 1 amide bonds. The predicted molar refractivity (Wildman–Crippen MR) is 102 cm³/mol. The van der Waals surface area contributed by atoms with Gasteiger partial charge in [0.05, 0.1) is 6.61 Å². The van der Waals surface area contributed by atoms with E-state index in [1.807, 2.05) is 30.3 Å². The van der Waals surface area contributed by atoms with E-state index in [9.17, 15) is 9.59 Å².